The van der Waals surface area contributed by atoms with Crippen LogP contribution in [0.5, 0.6) is 0 Å². The molecule has 2 N–H and O–H groups in total. The molecule has 0 unspecified atom stereocenters. The lowest BCUT2D eigenvalue weighted by Crippen LogP contribution is -2.50. The highest BCUT2D eigenvalue weighted by atomic mass is 19.1. The van der Waals surface area contributed by atoms with E-state index in [0.29, 0.717) is 12.1 Å². The second kappa shape index (κ2) is 8.69. The van der Waals surface area contributed by atoms with Gasteiger partial charge in [0.1, 0.15) is 18.0 Å². The van der Waals surface area contributed by atoms with Crippen LogP contribution in [0.3, 0.4) is 0 Å². The minimum atomic E-state index is -1.10. The summed E-state index contributed by atoms with van der Waals surface area (Å²) < 4.78 is 26.6. The first-order valence-corrected chi connectivity index (χ1v) is 9.53. The number of nitrogens with zero attached hydrogens (tertiary/aromatic N) is 2. The number of nitrogens with two attached hydrogens (primary N) is 1. The molecule has 0 bridgehead atoms. The van der Waals surface area contributed by atoms with E-state index >= 15 is 0 Å². The van der Waals surface area contributed by atoms with Crippen LogP contribution in [0.2, 0.25) is 0 Å². The van der Waals surface area contributed by atoms with Crippen molar-refractivity contribution in [3.8, 4) is 11.1 Å². The van der Waals surface area contributed by atoms with Gasteiger partial charge in [-0.05, 0) is 35.2 Å². The van der Waals surface area contributed by atoms with Gasteiger partial charge in [0.05, 0.1) is 12.5 Å². The molecule has 0 spiro atoms. The summed E-state index contributed by atoms with van der Waals surface area (Å²) in [5, 5.41) is 0. The molecule has 0 saturated carbocycles. The van der Waals surface area contributed by atoms with Crippen LogP contribution in [-0.4, -0.2) is 61.0 Å². The average Bonchev–Trinajstić information content (AvgIpc) is 3.15. The lowest BCUT2D eigenvalue weighted by Gasteiger charge is -2.28. The molecule has 1 saturated heterocycles. The highest BCUT2D eigenvalue weighted by Crippen LogP contribution is 2.27. The number of alkyl halides is 1. The fourth-order valence-electron chi connectivity index (χ4n) is 3.58. The zero-order chi connectivity index (χ0) is 21.1. The first kappa shape index (κ1) is 20.9. The van der Waals surface area contributed by atoms with Crippen molar-refractivity contribution < 1.29 is 18.4 Å². The van der Waals surface area contributed by atoms with E-state index in [4.69, 9.17) is 5.73 Å². The Bertz CT molecular complexity index is 869. The molecule has 1 heterocycles. The van der Waals surface area contributed by atoms with Gasteiger partial charge in [0.2, 0.25) is 11.8 Å². The van der Waals surface area contributed by atoms with Gasteiger partial charge in [-0.15, -0.1) is 0 Å². The molecule has 7 heteroatoms. The van der Waals surface area contributed by atoms with Gasteiger partial charge in [0.25, 0.3) is 0 Å². The summed E-state index contributed by atoms with van der Waals surface area (Å²) in [5.74, 6) is -1.91. The lowest BCUT2D eigenvalue weighted by atomic mass is 9.88. The Hall–Kier alpha value is -2.80. The minimum absolute atomic E-state index is 0.0128. The SMILES string of the molecule is CN(C)C(=O)[C@H](c1ccc(-c2ccc(F)cc2)cc1)[C@@H](N)C(=O)N1CC[C@H](F)C1. The normalized spacial score (nSPS) is 18.4. The Morgan fingerprint density at radius 3 is 2.10 bits per heavy atom. The second-order valence-corrected chi connectivity index (χ2v) is 7.54. The Balaban J connectivity index is 1.87. The summed E-state index contributed by atoms with van der Waals surface area (Å²) in [6, 6.07) is 12.1. The van der Waals surface area contributed by atoms with Gasteiger partial charge in [-0.2, -0.15) is 0 Å². The summed E-state index contributed by atoms with van der Waals surface area (Å²) >= 11 is 0. The van der Waals surface area contributed by atoms with E-state index in [1.807, 2.05) is 12.1 Å². The van der Waals surface area contributed by atoms with Gasteiger partial charge in [0.15, 0.2) is 0 Å². The fraction of sp³-hybridized carbons (Fsp3) is 0.364. The van der Waals surface area contributed by atoms with Crippen molar-refractivity contribution in [3.63, 3.8) is 0 Å². The van der Waals surface area contributed by atoms with Crippen molar-refractivity contribution in [1.82, 2.24) is 9.80 Å². The van der Waals surface area contributed by atoms with Crippen LogP contribution in [-0.2, 0) is 9.59 Å². The number of likely N-dealkylation sites (N-methyl/N-ethyl adjacent to an activating group) is 1. The van der Waals surface area contributed by atoms with Crippen LogP contribution in [0, 0.1) is 5.82 Å². The van der Waals surface area contributed by atoms with Crippen molar-refractivity contribution in [2.24, 2.45) is 5.73 Å². The average molecular weight is 401 g/mol. The van der Waals surface area contributed by atoms with Gasteiger partial charge in [0, 0.05) is 20.6 Å². The van der Waals surface area contributed by atoms with Crippen LogP contribution in [0.1, 0.15) is 17.9 Å². The smallest absolute Gasteiger partial charge is 0.240 e. The molecule has 3 atom stereocenters. The highest BCUT2D eigenvalue weighted by Gasteiger charge is 2.37. The molecule has 154 valence electrons. The summed E-state index contributed by atoms with van der Waals surface area (Å²) in [4.78, 5) is 28.4. The molecule has 29 heavy (non-hydrogen) atoms. The summed E-state index contributed by atoms with van der Waals surface area (Å²) in [6.45, 7) is 0.318. The van der Waals surface area contributed by atoms with E-state index in [-0.39, 0.29) is 24.7 Å². The van der Waals surface area contributed by atoms with Crippen LogP contribution in [0.4, 0.5) is 8.78 Å². The second-order valence-electron chi connectivity index (χ2n) is 7.54. The summed E-state index contributed by atoms with van der Waals surface area (Å²) in [6.07, 6.45) is -0.763. The molecule has 0 radical (unpaired) electrons. The van der Waals surface area contributed by atoms with Crippen LogP contribution < -0.4 is 5.73 Å². The van der Waals surface area contributed by atoms with Crippen molar-refractivity contribution >= 4 is 11.8 Å². The van der Waals surface area contributed by atoms with Gasteiger partial charge in [-0.25, -0.2) is 8.78 Å². The topological polar surface area (TPSA) is 66.6 Å². The maximum Gasteiger partial charge on any atom is 0.240 e. The molecular formula is C22H25F2N3O2. The molecule has 5 nitrogen and oxygen atoms in total. The zero-order valence-corrected chi connectivity index (χ0v) is 16.5. The first-order valence-electron chi connectivity index (χ1n) is 9.53. The Morgan fingerprint density at radius 2 is 1.62 bits per heavy atom. The largest absolute Gasteiger partial charge is 0.348 e. The molecule has 1 aliphatic rings. The Morgan fingerprint density at radius 1 is 1.07 bits per heavy atom. The molecule has 1 fully saturated rings. The molecule has 2 aromatic rings. The number of carbonyl (C=O) groups is 2. The number of rotatable bonds is 5. The predicted molar refractivity (Wildman–Crippen MR) is 107 cm³/mol. The monoisotopic (exact) mass is 401 g/mol. The first-order chi connectivity index (χ1) is 13.8. The molecule has 2 amide bonds. The van der Waals surface area contributed by atoms with E-state index in [1.54, 1.807) is 38.4 Å². The van der Waals surface area contributed by atoms with E-state index in [0.717, 1.165) is 11.1 Å². The number of likely N-dealkylation sites (tertiary alicyclic amines) is 1. The molecule has 3 rings (SSSR count). The third-order valence-corrected chi connectivity index (χ3v) is 5.24. The Labute approximate surface area is 169 Å². The quantitative estimate of drug-likeness (QED) is 0.837. The third kappa shape index (κ3) is 4.62. The van der Waals surface area contributed by atoms with Crippen LogP contribution in [0.15, 0.2) is 48.5 Å². The van der Waals surface area contributed by atoms with Crippen molar-refractivity contribution in [1.29, 1.82) is 0 Å². The number of carbonyl (C=O) groups excluding carboxylic acids is 2. The van der Waals surface area contributed by atoms with Crippen molar-refractivity contribution in [2.75, 3.05) is 27.2 Å². The van der Waals surface area contributed by atoms with Gasteiger partial charge >= 0.3 is 0 Å². The molecule has 0 aliphatic carbocycles. The van der Waals surface area contributed by atoms with Crippen molar-refractivity contribution in [2.45, 2.75) is 24.6 Å². The number of halogens is 2. The maximum atomic E-state index is 13.5. The number of amides is 2. The van der Waals surface area contributed by atoms with Crippen LogP contribution >= 0.6 is 0 Å². The molecule has 1 aliphatic heterocycles. The Kier molecular flexibility index (Phi) is 6.27. The lowest BCUT2D eigenvalue weighted by molar-refractivity contribution is -0.138. The van der Waals surface area contributed by atoms with Gasteiger partial charge < -0.3 is 15.5 Å². The van der Waals surface area contributed by atoms with E-state index in [1.165, 1.54) is 21.9 Å². The number of hydrogen-bond acceptors (Lipinski definition) is 3. The van der Waals surface area contributed by atoms with E-state index in [2.05, 4.69) is 0 Å². The summed E-state index contributed by atoms with van der Waals surface area (Å²) in [5.41, 5.74) is 8.51. The standard InChI is InChI=1S/C22H25F2N3O2/c1-26(2)21(28)19(20(25)22(29)27-12-11-18(24)13-27)16-5-3-14(4-6-16)15-7-9-17(23)10-8-15/h3-10,18-20H,11-13,25H2,1-2H3/t18-,19+,20+/m0/s1. The van der Waals surface area contributed by atoms with E-state index in [9.17, 15) is 18.4 Å². The fourth-order valence-corrected chi connectivity index (χ4v) is 3.58. The maximum absolute atomic E-state index is 13.5. The molecular weight excluding hydrogens is 376 g/mol. The van der Waals surface area contributed by atoms with E-state index < -0.39 is 24.0 Å². The van der Waals surface area contributed by atoms with Gasteiger partial charge in [-0.1, -0.05) is 36.4 Å². The van der Waals surface area contributed by atoms with Crippen molar-refractivity contribution in [3.05, 3.63) is 59.9 Å². The third-order valence-electron chi connectivity index (χ3n) is 5.24. The predicted octanol–water partition coefficient (Wildman–Crippen LogP) is 2.56. The van der Waals surface area contributed by atoms with Crippen LogP contribution in [0.25, 0.3) is 11.1 Å². The molecule has 0 aromatic heterocycles. The minimum Gasteiger partial charge on any atom is -0.348 e. The summed E-state index contributed by atoms with van der Waals surface area (Å²) in [7, 11) is 3.21. The van der Waals surface area contributed by atoms with Gasteiger partial charge in [-0.3, -0.25) is 9.59 Å². The highest BCUT2D eigenvalue weighted by molar-refractivity contribution is 5.93. The zero-order valence-electron chi connectivity index (χ0n) is 16.5. The number of hydrogen-bond donors (Lipinski definition) is 1. The number of benzene rings is 2. The molecule has 2 aromatic carbocycles.